The Labute approximate surface area is 139 Å². The third kappa shape index (κ3) is 3.76. The third-order valence-corrected chi connectivity index (χ3v) is 4.21. The highest BCUT2D eigenvalue weighted by Crippen LogP contribution is 2.37. The molecule has 24 heavy (non-hydrogen) atoms. The van der Waals surface area contributed by atoms with Gasteiger partial charge >= 0.3 is 0 Å². The monoisotopic (exact) mass is 328 g/mol. The number of nitrogens with one attached hydrogen (secondary N) is 2. The van der Waals surface area contributed by atoms with Crippen LogP contribution in [0, 0.1) is 18.8 Å². The molecule has 8 nitrogen and oxygen atoms in total. The van der Waals surface area contributed by atoms with E-state index in [0.717, 1.165) is 17.7 Å². The van der Waals surface area contributed by atoms with Gasteiger partial charge in [-0.25, -0.2) is 4.68 Å². The van der Waals surface area contributed by atoms with Crippen molar-refractivity contribution in [3.05, 3.63) is 30.1 Å². The summed E-state index contributed by atoms with van der Waals surface area (Å²) >= 11 is 0. The fraction of sp³-hybridized carbons (Fsp3) is 0.438. The van der Waals surface area contributed by atoms with Crippen molar-refractivity contribution in [2.75, 3.05) is 11.9 Å². The third-order valence-electron chi connectivity index (χ3n) is 4.21. The minimum absolute atomic E-state index is 0.0483. The van der Waals surface area contributed by atoms with E-state index in [2.05, 4.69) is 33.1 Å². The molecule has 3 rings (SSSR count). The lowest BCUT2D eigenvalue weighted by molar-refractivity contribution is -0.122. The van der Waals surface area contributed by atoms with Crippen LogP contribution in [-0.4, -0.2) is 38.6 Å². The number of carbonyl (C=O) groups excluding carboxylic acids is 2. The summed E-state index contributed by atoms with van der Waals surface area (Å²) in [6, 6.07) is 5.58. The second-order valence-corrected chi connectivity index (χ2v) is 6.16. The molecule has 0 bridgehead atoms. The number of rotatable bonds is 6. The summed E-state index contributed by atoms with van der Waals surface area (Å²) in [6.45, 7) is 4.31. The van der Waals surface area contributed by atoms with Gasteiger partial charge in [0, 0.05) is 24.6 Å². The molecule has 1 fully saturated rings. The first-order valence-corrected chi connectivity index (χ1v) is 7.96. The van der Waals surface area contributed by atoms with Gasteiger partial charge in [-0.15, -0.1) is 5.10 Å². The van der Waals surface area contributed by atoms with E-state index in [-0.39, 0.29) is 24.2 Å². The Morgan fingerprint density at radius 2 is 2.17 bits per heavy atom. The molecule has 0 aliphatic heterocycles. The number of amides is 2. The van der Waals surface area contributed by atoms with Crippen molar-refractivity contribution >= 4 is 17.5 Å². The summed E-state index contributed by atoms with van der Waals surface area (Å²) < 4.78 is 1.52. The van der Waals surface area contributed by atoms with Gasteiger partial charge in [-0.3, -0.25) is 9.59 Å². The lowest BCUT2D eigenvalue weighted by Crippen LogP contribution is -2.29. The molecule has 2 aromatic rings. The highest BCUT2D eigenvalue weighted by atomic mass is 16.2. The number of nitrogens with zero attached hydrogens (tertiary/aromatic N) is 4. The van der Waals surface area contributed by atoms with Gasteiger partial charge in [-0.05, 0) is 47.4 Å². The molecule has 1 aromatic carbocycles. The van der Waals surface area contributed by atoms with E-state index in [1.54, 1.807) is 0 Å². The molecule has 2 atom stereocenters. The van der Waals surface area contributed by atoms with Crippen LogP contribution in [0.3, 0.4) is 0 Å². The number of carbonyl (C=O) groups is 2. The van der Waals surface area contributed by atoms with Crippen LogP contribution in [0.1, 0.15) is 25.3 Å². The van der Waals surface area contributed by atoms with Crippen molar-refractivity contribution < 1.29 is 9.59 Å². The minimum atomic E-state index is -0.142. The zero-order valence-corrected chi connectivity index (χ0v) is 13.7. The van der Waals surface area contributed by atoms with Crippen LogP contribution in [0.2, 0.25) is 0 Å². The zero-order chi connectivity index (χ0) is 17.1. The van der Waals surface area contributed by atoms with Gasteiger partial charge in [0.05, 0.1) is 5.69 Å². The maximum atomic E-state index is 12.1. The molecule has 2 amide bonds. The minimum Gasteiger partial charge on any atom is -0.355 e. The van der Waals surface area contributed by atoms with E-state index in [1.165, 1.54) is 11.0 Å². The van der Waals surface area contributed by atoms with E-state index in [9.17, 15) is 9.59 Å². The lowest BCUT2D eigenvalue weighted by Gasteiger charge is -2.11. The van der Waals surface area contributed by atoms with E-state index in [0.29, 0.717) is 18.2 Å². The highest BCUT2D eigenvalue weighted by Gasteiger charge is 2.38. The first-order valence-electron chi connectivity index (χ1n) is 7.96. The van der Waals surface area contributed by atoms with Gasteiger partial charge in [0.2, 0.25) is 11.8 Å². The summed E-state index contributed by atoms with van der Waals surface area (Å²) in [7, 11) is 0. The first kappa shape index (κ1) is 16.1. The topological polar surface area (TPSA) is 102 Å². The Morgan fingerprint density at radius 3 is 2.83 bits per heavy atom. The molecule has 1 aliphatic carbocycles. The molecular weight excluding hydrogens is 308 g/mol. The van der Waals surface area contributed by atoms with E-state index >= 15 is 0 Å². The molecule has 0 saturated heterocycles. The molecule has 8 heteroatoms. The Morgan fingerprint density at radius 1 is 1.38 bits per heavy atom. The number of hydrogen-bond donors (Lipinski definition) is 2. The van der Waals surface area contributed by atoms with Crippen molar-refractivity contribution in [3.8, 4) is 5.69 Å². The summed E-state index contributed by atoms with van der Waals surface area (Å²) in [5, 5.41) is 16.7. The van der Waals surface area contributed by atoms with Crippen molar-refractivity contribution in [2.45, 2.75) is 26.7 Å². The zero-order valence-electron chi connectivity index (χ0n) is 13.7. The Kier molecular flexibility index (Phi) is 4.54. The van der Waals surface area contributed by atoms with Crippen LogP contribution < -0.4 is 10.6 Å². The van der Waals surface area contributed by atoms with Gasteiger partial charge < -0.3 is 10.6 Å². The van der Waals surface area contributed by atoms with Crippen molar-refractivity contribution in [2.24, 2.45) is 11.8 Å². The number of hydrogen-bond acceptors (Lipinski definition) is 5. The first-order chi connectivity index (χ1) is 11.5. The van der Waals surface area contributed by atoms with Crippen LogP contribution >= 0.6 is 0 Å². The van der Waals surface area contributed by atoms with E-state index in [1.807, 2.05) is 25.1 Å². The van der Waals surface area contributed by atoms with Crippen molar-refractivity contribution in [1.82, 2.24) is 25.5 Å². The molecule has 1 aromatic heterocycles. The normalized spacial score (nSPS) is 18.9. The summed E-state index contributed by atoms with van der Waals surface area (Å²) in [6.07, 6.45) is 2.67. The standard InChI is InChI=1S/C16H20N6O2/c1-10-3-4-12(22-9-18-20-21-22)8-14(10)19-15(23)5-6-17-16(24)13-7-11(13)2/h3-4,8-9,11,13H,5-7H2,1-2H3,(H,17,24)(H,19,23)/t11-,13-/m1/s1. The molecule has 2 N–H and O–H groups in total. The Bertz CT molecular complexity index is 743. The molecular formula is C16H20N6O2. The molecule has 1 heterocycles. The average molecular weight is 328 g/mol. The fourth-order valence-corrected chi connectivity index (χ4v) is 2.50. The van der Waals surface area contributed by atoms with Crippen LogP contribution in [-0.2, 0) is 9.59 Å². The van der Waals surface area contributed by atoms with Gasteiger partial charge in [0.15, 0.2) is 0 Å². The quantitative estimate of drug-likeness (QED) is 0.826. The summed E-state index contributed by atoms with van der Waals surface area (Å²) in [4.78, 5) is 23.8. The number of aromatic nitrogens is 4. The fourth-order valence-electron chi connectivity index (χ4n) is 2.50. The molecule has 1 saturated carbocycles. The summed E-state index contributed by atoms with van der Waals surface area (Å²) in [5.41, 5.74) is 2.41. The highest BCUT2D eigenvalue weighted by molar-refractivity contribution is 5.92. The Hall–Kier alpha value is -2.77. The Balaban J connectivity index is 1.54. The summed E-state index contributed by atoms with van der Waals surface area (Å²) in [5.74, 6) is 0.502. The second kappa shape index (κ2) is 6.77. The largest absolute Gasteiger partial charge is 0.355 e. The predicted octanol–water partition coefficient (Wildman–Crippen LogP) is 1.07. The van der Waals surface area contributed by atoms with Gasteiger partial charge in [0.25, 0.3) is 0 Å². The number of benzene rings is 1. The van der Waals surface area contributed by atoms with Gasteiger partial charge in [-0.2, -0.15) is 0 Å². The average Bonchev–Trinajstić information content (AvgIpc) is 3.06. The molecule has 126 valence electrons. The maximum absolute atomic E-state index is 12.1. The van der Waals surface area contributed by atoms with Crippen LogP contribution in [0.15, 0.2) is 24.5 Å². The second-order valence-electron chi connectivity index (χ2n) is 6.16. The van der Waals surface area contributed by atoms with E-state index in [4.69, 9.17) is 0 Å². The van der Waals surface area contributed by atoms with Crippen LogP contribution in [0.4, 0.5) is 5.69 Å². The van der Waals surface area contributed by atoms with Gasteiger partial charge in [-0.1, -0.05) is 13.0 Å². The molecule has 0 radical (unpaired) electrons. The smallest absolute Gasteiger partial charge is 0.226 e. The number of aryl methyl sites for hydroxylation is 1. The maximum Gasteiger partial charge on any atom is 0.226 e. The predicted molar refractivity (Wildman–Crippen MR) is 87.4 cm³/mol. The molecule has 0 unspecified atom stereocenters. The number of anilines is 1. The van der Waals surface area contributed by atoms with Crippen LogP contribution in [0.25, 0.3) is 5.69 Å². The van der Waals surface area contributed by atoms with Crippen molar-refractivity contribution in [3.63, 3.8) is 0 Å². The van der Waals surface area contributed by atoms with Crippen LogP contribution in [0.5, 0.6) is 0 Å². The number of tetrazole rings is 1. The molecule has 0 spiro atoms. The lowest BCUT2D eigenvalue weighted by atomic mass is 10.1. The van der Waals surface area contributed by atoms with E-state index < -0.39 is 0 Å². The SMILES string of the molecule is Cc1ccc(-n2cnnn2)cc1NC(=O)CCNC(=O)[C@@H]1C[C@H]1C. The van der Waals surface area contributed by atoms with Gasteiger partial charge in [0.1, 0.15) is 6.33 Å². The van der Waals surface area contributed by atoms with Crippen molar-refractivity contribution in [1.29, 1.82) is 0 Å². The molecule has 1 aliphatic rings.